The summed E-state index contributed by atoms with van der Waals surface area (Å²) in [5.74, 6) is -1.35. The van der Waals surface area contributed by atoms with Crippen molar-refractivity contribution >= 4 is 11.9 Å². The molecule has 0 bridgehead atoms. The summed E-state index contributed by atoms with van der Waals surface area (Å²) in [5, 5.41) is 9.10. The van der Waals surface area contributed by atoms with E-state index in [9.17, 15) is 9.59 Å². The lowest BCUT2D eigenvalue weighted by molar-refractivity contribution is -0.169. The molecule has 1 aliphatic rings. The zero-order valence-corrected chi connectivity index (χ0v) is 9.28. The van der Waals surface area contributed by atoms with Gasteiger partial charge in [-0.15, -0.1) is 0 Å². The first kappa shape index (κ1) is 12.0. The standard InChI is InChI=1S/C11H18O4/c1-8(2)7-15-10(14)11(9(12)13)5-3-4-6-11/h8H,3-7H2,1-2H3,(H,12,13). The van der Waals surface area contributed by atoms with Gasteiger partial charge in [-0.05, 0) is 18.8 Å². The molecule has 1 fully saturated rings. The van der Waals surface area contributed by atoms with Crippen LogP contribution in [0.2, 0.25) is 0 Å². The summed E-state index contributed by atoms with van der Waals surface area (Å²) < 4.78 is 5.03. The van der Waals surface area contributed by atoms with E-state index in [0.29, 0.717) is 19.4 Å². The van der Waals surface area contributed by atoms with E-state index in [4.69, 9.17) is 9.84 Å². The van der Waals surface area contributed by atoms with Gasteiger partial charge in [-0.25, -0.2) is 0 Å². The van der Waals surface area contributed by atoms with Crippen LogP contribution in [0.4, 0.5) is 0 Å². The molecule has 0 spiro atoms. The maximum atomic E-state index is 11.7. The number of carbonyl (C=O) groups is 2. The van der Waals surface area contributed by atoms with Crippen molar-refractivity contribution in [1.82, 2.24) is 0 Å². The second-order valence-electron chi connectivity index (χ2n) is 4.59. The van der Waals surface area contributed by atoms with E-state index in [2.05, 4.69) is 0 Å². The van der Waals surface area contributed by atoms with Gasteiger partial charge >= 0.3 is 11.9 Å². The van der Waals surface area contributed by atoms with Gasteiger partial charge in [-0.2, -0.15) is 0 Å². The Morgan fingerprint density at radius 2 is 1.87 bits per heavy atom. The fourth-order valence-electron chi connectivity index (χ4n) is 1.86. The fraction of sp³-hybridized carbons (Fsp3) is 0.818. The molecule has 0 amide bonds. The van der Waals surface area contributed by atoms with Gasteiger partial charge in [0.1, 0.15) is 0 Å². The number of esters is 1. The summed E-state index contributed by atoms with van der Waals surface area (Å²) in [6, 6.07) is 0. The average molecular weight is 214 g/mol. The number of carbonyl (C=O) groups excluding carboxylic acids is 1. The number of aliphatic carboxylic acids is 1. The van der Waals surface area contributed by atoms with Crippen LogP contribution < -0.4 is 0 Å². The molecular weight excluding hydrogens is 196 g/mol. The van der Waals surface area contributed by atoms with Gasteiger partial charge < -0.3 is 9.84 Å². The molecule has 0 radical (unpaired) electrons. The molecule has 0 aromatic rings. The highest BCUT2D eigenvalue weighted by Gasteiger charge is 2.49. The molecule has 0 unspecified atom stereocenters. The van der Waals surface area contributed by atoms with Gasteiger partial charge in [0, 0.05) is 0 Å². The van der Waals surface area contributed by atoms with Crippen LogP contribution in [-0.4, -0.2) is 23.7 Å². The van der Waals surface area contributed by atoms with Crippen LogP contribution in [0.3, 0.4) is 0 Å². The van der Waals surface area contributed by atoms with Crippen molar-refractivity contribution in [1.29, 1.82) is 0 Å². The normalized spacial score (nSPS) is 19.1. The van der Waals surface area contributed by atoms with Crippen LogP contribution in [0.25, 0.3) is 0 Å². The van der Waals surface area contributed by atoms with Crippen LogP contribution in [0.5, 0.6) is 0 Å². The molecule has 86 valence electrons. The van der Waals surface area contributed by atoms with Crippen LogP contribution >= 0.6 is 0 Å². The number of ether oxygens (including phenoxy) is 1. The third-order valence-corrected chi connectivity index (χ3v) is 2.80. The van der Waals surface area contributed by atoms with E-state index in [0.717, 1.165) is 12.8 Å². The summed E-state index contributed by atoms with van der Waals surface area (Å²) in [6.45, 7) is 4.15. The number of hydrogen-bond acceptors (Lipinski definition) is 3. The molecule has 4 heteroatoms. The number of hydrogen-bond donors (Lipinski definition) is 1. The highest BCUT2D eigenvalue weighted by molar-refractivity contribution is 5.99. The molecule has 0 aromatic heterocycles. The molecule has 1 N–H and O–H groups in total. The maximum Gasteiger partial charge on any atom is 0.323 e. The van der Waals surface area contributed by atoms with E-state index >= 15 is 0 Å². The van der Waals surface area contributed by atoms with Crippen LogP contribution in [-0.2, 0) is 14.3 Å². The van der Waals surface area contributed by atoms with Gasteiger partial charge in [-0.3, -0.25) is 9.59 Å². The number of rotatable bonds is 4. The summed E-state index contributed by atoms with van der Waals surface area (Å²) >= 11 is 0. The van der Waals surface area contributed by atoms with Crippen molar-refractivity contribution in [2.24, 2.45) is 11.3 Å². The zero-order valence-electron chi connectivity index (χ0n) is 9.28. The predicted octanol–water partition coefficient (Wildman–Crippen LogP) is 1.83. The third-order valence-electron chi connectivity index (χ3n) is 2.80. The Morgan fingerprint density at radius 3 is 2.27 bits per heavy atom. The van der Waals surface area contributed by atoms with Gasteiger partial charge in [0.25, 0.3) is 0 Å². The minimum absolute atomic E-state index is 0.237. The lowest BCUT2D eigenvalue weighted by Gasteiger charge is -2.22. The molecule has 0 atom stereocenters. The summed E-state index contributed by atoms with van der Waals surface area (Å²) in [4.78, 5) is 22.8. The van der Waals surface area contributed by atoms with E-state index in [-0.39, 0.29) is 5.92 Å². The Balaban J connectivity index is 2.64. The monoisotopic (exact) mass is 214 g/mol. The molecule has 0 aromatic carbocycles. The van der Waals surface area contributed by atoms with Crippen LogP contribution in [0.1, 0.15) is 39.5 Å². The van der Waals surface area contributed by atoms with Crippen LogP contribution in [0, 0.1) is 11.3 Å². The summed E-state index contributed by atoms with van der Waals surface area (Å²) in [5.41, 5.74) is -1.26. The molecule has 1 saturated carbocycles. The molecule has 1 rings (SSSR count). The largest absolute Gasteiger partial charge is 0.480 e. The highest BCUT2D eigenvalue weighted by Crippen LogP contribution is 2.39. The fourth-order valence-corrected chi connectivity index (χ4v) is 1.86. The minimum Gasteiger partial charge on any atom is -0.480 e. The minimum atomic E-state index is -1.26. The van der Waals surface area contributed by atoms with Crippen molar-refractivity contribution in [3.63, 3.8) is 0 Å². The Bertz CT molecular complexity index is 251. The topological polar surface area (TPSA) is 63.6 Å². The van der Waals surface area contributed by atoms with Gasteiger partial charge in [0.05, 0.1) is 6.61 Å². The SMILES string of the molecule is CC(C)COC(=O)C1(C(=O)O)CCCC1. The molecule has 0 saturated heterocycles. The Kier molecular flexibility index (Phi) is 3.72. The second-order valence-corrected chi connectivity index (χ2v) is 4.59. The average Bonchev–Trinajstić information content (AvgIpc) is 2.63. The predicted molar refractivity (Wildman–Crippen MR) is 54.3 cm³/mol. The smallest absolute Gasteiger partial charge is 0.323 e. The van der Waals surface area contributed by atoms with Crippen molar-refractivity contribution in [3.05, 3.63) is 0 Å². The van der Waals surface area contributed by atoms with Gasteiger partial charge in [-0.1, -0.05) is 26.7 Å². The summed E-state index contributed by atoms with van der Waals surface area (Å²) in [6.07, 6.45) is 2.42. The third kappa shape index (κ3) is 2.49. The van der Waals surface area contributed by atoms with E-state index in [1.165, 1.54) is 0 Å². The Hall–Kier alpha value is -1.06. The molecular formula is C11H18O4. The maximum absolute atomic E-state index is 11.7. The Labute approximate surface area is 89.6 Å². The van der Waals surface area contributed by atoms with Crippen LogP contribution in [0.15, 0.2) is 0 Å². The van der Waals surface area contributed by atoms with E-state index in [1.807, 2.05) is 13.8 Å². The van der Waals surface area contributed by atoms with E-state index in [1.54, 1.807) is 0 Å². The van der Waals surface area contributed by atoms with Gasteiger partial charge in [0.2, 0.25) is 0 Å². The molecule has 4 nitrogen and oxygen atoms in total. The van der Waals surface area contributed by atoms with Crippen molar-refractivity contribution in [3.8, 4) is 0 Å². The second kappa shape index (κ2) is 4.64. The van der Waals surface area contributed by atoms with Crippen molar-refractivity contribution in [2.75, 3.05) is 6.61 Å². The molecule has 15 heavy (non-hydrogen) atoms. The first-order chi connectivity index (χ1) is 6.99. The highest BCUT2D eigenvalue weighted by atomic mass is 16.5. The summed E-state index contributed by atoms with van der Waals surface area (Å²) in [7, 11) is 0. The molecule has 0 heterocycles. The lowest BCUT2D eigenvalue weighted by Crippen LogP contribution is -2.38. The number of carboxylic acid groups (broad SMARTS) is 1. The van der Waals surface area contributed by atoms with E-state index < -0.39 is 17.4 Å². The van der Waals surface area contributed by atoms with Crippen molar-refractivity contribution < 1.29 is 19.4 Å². The first-order valence-electron chi connectivity index (χ1n) is 5.39. The molecule has 1 aliphatic carbocycles. The quantitative estimate of drug-likeness (QED) is 0.572. The molecule has 0 aliphatic heterocycles. The van der Waals surface area contributed by atoms with Crippen molar-refractivity contribution in [2.45, 2.75) is 39.5 Å². The lowest BCUT2D eigenvalue weighted by atomic mass is 9.86. The zero-order chi connectivity index (χ0) is 11.5. The Morgan fingerprint density at radius 1 is 1.33 bits per heavy atom. The van der Waals surface area contributed by atoms with Gasteiger partial charge in [0.15, 0.2) is 5.41 Å². The number of carboxylic acids is 1. The first-order valence-corrected chi connectivity index (χ1v) is 5.39.